The molecule has 5 N–H and O–H groups in total. The number of carboxylic acid groups (broad SMARTS) is 1. The fourth-order valence-electron chi connectivity index (χ4n) is 15.0. The normalized spacial score (nSPS) is 29.2. The quantitative estimate of drug-likeness (QED) is 0.0668. The van der Waals surface area contributed by atoms with Crippen LogP contribution in [-0.2, 0) is 39.4 Å². The molecule has 4 aliphatic carbocycles. The maximum Gasteiger partial charge on any atom is 0.329 e. The first kappa shape index (κ1) is 52.7. The van der Waals surface area contributed by atoms with E-state index >= 15 is 0 Å². The van der Waals surface area contributed by atoms with Gasteiger partial charge in [0.1, 0.15) is 40.9 Å². The molecule has 4 fully saturated rings. The molecular weight excluding hydrogens is 999 g/mol. The van der Waals surface area contributed by atoms with Crippen molar-refractivity contribution in [2.45, 2.75) is 136 Å². The van der Waals surface area contributed by atoms with Crippen LogP contribution in [0, 0.1) is 40.4 Å². The number of ether oxygens (including phenoxy) is 2. The molecule has 9 atom stereocenters. The summed E-state index contributed by atoms with van der Waals surface area (Å²) < 4.78 is 82.1. The van der Waals surface area contributed by atoms with Gasteiger partial charge in [0.25, 0.3) is 26.1 Å². The first-order valence-electron chi connectivity index (χ1n) is 26.1. The number of amides is 1. The smallest absolute Gasteiger partial charge is 0.329 e. The number of fused-ring (bicyclic) bond motifs is 9. The van der Waals surface area contributed by atoms with Crippen LogP contribution in [0.3, 0.4) is 0 Å². The number of nitrogens with zero attached hydrogens (tertiary/aromatic N) is 1. The van der Waals surface area contributed by atoms with Crippen LogP contribution in [0.15, 0.2) is 65.7 Å². The van der Waals surface area contributed by atoms with Crippen LogP contribution in [0.4, 0.5) is 5.69 Å². The molecule has 1 amide bonds. The van der Waals surface area contributed by atoms with Crippen molar-refractivity contribution in [3.05, 3.63) is 99.1 Å². The van der Waals surface area contributed by atoms with E-state index in [-0.39, 0.29) is 22.3 Å². The van der Waals surface area contributed by atoms with Gasteiger partial charge in [-0.1, -0.05) is 38.1 Å². The lowest BCUT2D eigenvalue weighted by Gasteiger charge is -2.61. The van der Waals surface area contributed by atoms with Crippen LogP contribution in [0.1, 0.15) is 145 Å². The number of hydrogen-bond donors (Lipinski definition) is 5. The van der Waals surface area contributed by atoms with Crippen LogP contribution >= 0.6 is 0 Å². The molecule has 3 heterocycles. The number of benzene rings is 3. The van der Waals surface area contributed by atoms with Crippen LogP contribution in [0.25, 0.3) is 16.7 Å². The Morgan fingerprint density at radius 3 is 2.12 bits per heavy atom. The van der Waals surface area contributed by atoms with Gasteiger partial charge >= 0.3 is 11.9 Å². The number of carbonyl (C=O) groups excluding carboxylic acids is 3. The maximum absolute atomic E-state index is 14.0. The molecule has 10 rings (SSSR count). The molecule has 0 aromatic heterocycles. The standard InChI is InChI=1S/C57H67N3O13S2/c1-30(61)42-14-15-43-37-13-12-35-20-36(16-18-56(35,6)44(37)17-19-57(42,43)7)72-53(65)47(25-50(62)63)58-52(64)32-10-8-31(9-11-32)51-40-21-38-33(28-74(66,67)68)26-54(2,3)59-45(38)23-48(40)73-49-24-46-39(22-41(49)51)34(29-75(69,70)71)27-55(4,5)60-46/h8-11,21-24,26-27,35-37,42-44,47,59H,12-20,25,28-29H2,1-7H3,(H,58,64)(H,62,63)(H,66,67,68)(H,69,70,71)/t35-,36-,37?,42?,43?,44?,47?,56+,57-/m1/s1. The van der Waals surface area contributed by atoms with Crippen LogP contribution in [-0.4, -0.2) is 89.4 Å². The molecule has 3 aliphatic heterocycles. The number of ketones is 1. The summed E-state index contributed by atoms with van der Waals surface area (Å²) in [6.07, 6.45) is 10.7. The second-order valence-corrected chi connectivity index (χ2v) is 27.0. The molecular formula is C57H67N3O13S2. The zero-order valence-electron chi connectivity index (χ0n) is 43.5. The second kappa shape index (κ2) is 18.5. The molecule has 400 valence electrons. The summed E-state index contributed by atoms with van der Waals surface area (Å²) in [5.41, 5.74) is 2.36. The van der Waals surface area contributed by atoms with Crippen molar-refractivity contribution in [1.82, 2.24) is 5.32 Å². The van der Waals surface area contributed by atoms with E-state index in [0.29, 0.717) is 109 Å². The first-order valence-corrected chi connectivity index (χ1v) is 29.3. The largest absolute Gasteiger partial charge is 0.481 e. The van der Waals surface area contributed by atoms with Crippen molar-refractivity contribution >= 4 is 66.3 Å². The van der Waals surface area contributed by atoms with Gasteiger partial charge in [0.2, 0.25) is 0 Å². The Labute approximate surface area is 438 Å². The van der Waals surface area contributed by atoms with Gasteiger partial charge in [0, 0.05) is 56.8 Å². The van der Waals surface area contributed by atoms with Crippen LogP contribution in [0.5, 0.6) is 11.5 Å². The van der Waals surface area contributed by atoms with Gasteiger partial charge in [-0.05, 0) is 168 Å². The van der Waals surface area contributed by atoms with E-state index in [1.165, 1.54) is 12.1 Å². The van der Waals surface area contributed by atoms with Gasteiger partial charge in [0.05, 0.1) is 22.9 Å². The first-order chi connectivity index (χ1) is 35.0. The summed E-state index contributed by atoms with van der Waals surface area (Å²) in [6, 6.07) is 11.8. The van der Waals surface area contributed by atoms with Crippen molar-refractivity contribution in [2.24, 2.45) is 45.4 Å². The zero-order chi connectivity index (χ0) is 53.9. The van der Waals surface area contributed by atoms with Gasteiger partial charge in [-0.3, -0.25) is 28.5 Å². The number of hydrogen-bond acceptors (Lipinski definition) is 12. The number of rotatable bonds is 12. The molecule has 75 heavy (non-hydrogen) atoms. The van der Waals surface area contributed by atoms with E-state index in [1.54, 1.807) is 69.3 Å². The molecule has 5 unspecified atom stereocenters. The van der Waals surface area contributed by atoms with E-state index in [0.717, 1.165) is 44.9 Å². The lowest BCUT2D eigenvalue weighted by Crippen LogP contribution is -2.54. The van der Waals surface area contributed by atoms with Crippen molar-refractivity contribution in [3.63, 3.8) is 0 Å². The Hall–Kier alpha value is -5.69. The number of carboxylic acids is 1. The molecule has 4 saturated carbocycles. The number of aliphatic carboxylic acids is 1. The molecule has 0 spiro atoms. The molecule has 7 aliphatic rings. The fourth-order valence-corrected chi connectivity index (χ4v) is 16.3. The summed E-state index contributed by atoms with van der Waals surface area (Å²) in [7, 11) is -8.97. The summed E-state index contributed by atoms with van der Waals surface area (Å²) in [4.78, 5) is 57.7. The summed E-state index contributed by atoms with van der Waals surface area (Å²) >= 11 is 0. The molecule has 0 radical (unpaired) electrons. The van der Waals surface area contributed by atoms with Gasteiger partial charge in [-0.25, -0.2) is 4.79 Å². The highest BCUT2D eigenvalue weighted by Crippen LogP contribution is 2.67. The SMILES string of the molecule is CC(=O)C1CCC2C3CC[C@@H]4C[C@H](OC(=O)C(CC(=O)O)NC(=O)c5ccc(C6=c7cc8c(cc7Oc7cc9c(cc76)C(CS(=O)(=O)O)=CC(C)(C)N9)=NC(C)(C)C=C8CS(=O)(=O)O)cc5)CC[C@]4(C)C3CC[C@]12C. The van der Waals surface area contributed by atoms with Crippen molar-refractivity contribution in [1.29, 1.82) is 0 Å². The average molecular weight is 1070 g/mol. The van der Waals surface area contributed by atoms with Crippen molar-refractivity contribution in [3.8, 4) is 11.5 Å². The highest BCUT2D eigenvalue weighted by Gasteiger charge is 2.61. The molecule has 18 heteroatoms. The summed E-state index contributed by atoms with van der Waals surface area (Å²) in [5, 5.41) is 16.9. The Morgan fingerprint density at radius 1 is 0.787 bits per heavy atom. The molecule has 0 saturated heterocycles. The average Bonchev–Trinajstić information content (AvgIpc) is 3.65. The van der Waals surface area contributed by atoms with E-state index < -0.39 is 79.2 Å². The minimum Gasteiger partial charge on any atom is -0.481 e. The topological polar surface area (TPSA) is 252 Å². The molecule has 0 bridgehead atoms. The minimum absolute atomic E-state index is 0.0579. The van der Waals surface area contributed by atoms with Crippen molar-refractivity contribution in [2.75, 3.05) is 16.8 Å². The highest BCUT2D eigenvalue weighted by molar-refractivity contribution is 7.86. The number of esters is 1. The van der Waals surface area contributed by atoms with Crippen LogP contribution < -0.4 is 25.9 Å². The molecule has 16 nitrogen and oxygen atoms in total. The number of nitrogens with one attached hydrogen (secondary N) is 2. The third-order valence-corrected chi connectivity index (χ3v) is 19.4. The number of Topliss-reactive ketones (excluding diaryl/α,β-unsaturated/α-hetero) is 1. The highest BCUT2D eigenvalue weighted by atomic mass is 32.2. The lowest BCUT2D eigenvalue weighted by molar-refractivity contribution is -0.166. The predicted molar refractivity (Wildman–Crippen MR) is 282 cm³/mol. The van der Waals surface area contributed by atoms with Gasteiger partial charge in [0.15, 0.2) is 0 Å². The molecule has 3 aromatic carbocycles. The Bertz CT molecular complexity index is 3380. The Morgan fingerprint density at radius 2 is 1.45 bits per heavy atom. The second-order valence-electron chi connectivity index (χ2n) is 24.1. The maximum atomic E-state index is 14.0. The van der Waals surface area contributed by atoms with Crippen molar-refractivity contribution < 1.29 is 59.7 Å². The Balaban J connectivity index is 0.930. The van der Waals surface area contributed by atoms with Gasteiger partial charge in [-0.2, -0.15) is 16.8 Å². The van der Waals surface area contributed by atoms with Gasteiger partial charge in [-0.15, -0.1) is 0 Å². The third kappa shape index (κ3) is 10.1. The zero-order valence-corrected chi connectivity index (χ0v) is 45.1. The van der Waals surface area contributed by atoms with E-state index in [1.807, 2.05) is 13.8 Å². The lowest BCUT2D eigenvalue weighted by atomic mass is 9.44. The molecule has 3 aromatic rings. The third-order valence-electron chi connectivity index (χ3n) is 18.1. The number of anilines is 1. The van der Waals surface area contributed by atoms with E-state index in [9.17, 15) is 50.2 Å². The van der Waals surface area contributed by atoms with Gasteiger partial charge < -0.3 is 25.2 Å². The van der Waals surface area contributed by atoms with Crippen LogP contribution in [0.2, 0.25) is 0 Å². The Kier molecular flexibility index (Phi) is 13.0. The summed E-state index contributed by atoms with van der Waals surface area (Å²) in [6.45, 7) is 13.8. The summed E-state index contributed by atoms with van der Waals surface area (Å²) in [5.74, 6) is -1.01. The number of carbonyl (C=O) groups is 4. The monoisotopic (exact) mass is 1070 g/mol. The van der Waals surface area contributed by atoms with E-state index in [2.05, 4.69) is 24.5 Å². The van der Waals surface area contributed by atoms with E-state index in [4.69, 9.17) is 14.5 Å². The fraction of sp³-hybridized carbons (Fsp3) is 0.526. The minimum atomic E-state index is -4.49. The predicted octanol–water partition coefficient (Wildman–Crippen LogP) is 7.93.